The summed E-state index contributed by atoms with van der Waals surface area (Å²) in [6, 6.07) is 8.45. The molecule has 0 spiro atoms. The second-order valence-corrected chi connectivity index (χ2v) is 4.65. The van der Waals surface area contributed by atoms with Crippen molar-refractivity contribution in [2.75, 3.05) is 5.73 Å². The molecule has 19 heavy (non-hydrogen) atoms. The highest BCUT2D eigenvalue weighted by Gasteiger charge is 2.12. The Labute approximate surface area is 117 Å². The minimum atomic E-state index is -0.631. The van der Waals surface area contributed by atoms with Gasteiger partial charge >= 0.3 is 0 Å². The van der Waals surface area contributed by atoms with E-state index in [2.05, 4.69) is 15.9 Å². The highest BCUT2D eigenvalue weighted by atomic mass is 79.9. The fourth-order valence-corrected chi connectivity index (χ4v) is 1.94. The van der Waals surface area contributed by atoms with Crippen LogP contribution in [0.4, 0.5) is 10.1 Å². The molecular formula is C13H10BrFN2O2. The summed E-state index contributed by atoms with van der Waals surface area (Å²) in [5.74, 6) is -0.454. The lowest BCUT2D eigenvalue weighted by molar-refractivity contribution is 0.0998. The largest absolute Gasteiger partial charge is 0.455 e. The molecule has 0 bridgehead atoms. The number of nitrogen functional groups attached to an aromatic ring is 1. The molecule has 0 atom stereocenters. The monoisotopic (exact) mass is 324 g/mol. The predicted molar refractivity (Wildman–Crippen MR) is 73.5 cm³/mol. The topological polar surface area (TPSA) is 78.3 Å². The van der Waals surface area contributed by atoms with Crippen molar-refractivity contribution >= 4 is 27.5 Å². The van der Waals surface area contributed by atoms with E-state index < -0.39 is 11.7 Å². The van der Waals surface area contributed by atoms with Crippen molar-refractivity contribution < 1.29 is 13.9 Å². The van der Waals surface area contributed by atoms with Crippen LogP contribution in [0.2, 0.25) is 0 Å². The van der Waals surface area contributed by atoms with Gasteiger partial charge in [-0.2, -0.15) is 0 Å². The molecule has 4 N–H and O–H groups in total. The Bertz CT molecular complexity index is 647. The molecule has 98 valence electrons. The first-order chi connectivity index (χ1) is 8.97. The number of halogens is 2. The van der Waals surface area contributed by atoms with Gasteiger partial charge in [0.15, 0.2) is 0 Å². The van der Waals surface area contributed by atoms with E-state index in [1.807, 2.05) is 0 Å². The zero-order valence-electron chi connectivity index (χ0n) is 9.69. The van der Waals surface area contributed by atoms with Crippen LogP contribution in [0.25, 0.3) is 0 Å². The van der Waals surface area contributed by atoms with Gasteiger partial charge in [0.25, 0.3) is 5.91 Å². The fraction of sp³-hybridized carbons (Fsp3) is 0. The van der Waals surface area contributed by atoms with Gasteiger partial charge < -0.3 is 16.2 Å². The summed E-state index contributed by atoms with van der Waals surface area (Å²) < 4.78 is 18.9. The van der Waals surface area contributed by atoms with E-state index in [0.29, 0.717) is 15.9 Å². The lowest BCUT2D eigenvalue weighted by Crippen LogP contribution is -2.12. The number of ether oxygens (including phenoxy) is 1. The van der Waals surface area contributed by atoms with Gasteiger partial charge in [-0.1, -0.05) is 0 Å². The molecule has 4 nitrogen and oxygen atoms in total. The van der Waals surface area contributed by atoms with Crippen LogP contribution in [0, 0.1) is 5.82 Å². The number of carbonyl (C=O) groups is 1. The van der Waals surface area contributed by atoms with Gasteiger partial charge in [0.1, 0.15) is 17.3 Å². The number of benzene rings is 2. The highest BCUT2D eigenvalue weighted by molar-refractivity contribution is 9.10. The summed E-state index contributed by atoms with van der Waals surface area (Å²) in [6.07, 6.45) is 0. The number of amides is 1. The number of carbonyl (C=O) groups excluding carboxylic acids is 1. The highest BCUT2D eigenvalue weighted by Crippen LogP contribution is 2.32. The SMILES string of the molecule is NC(=O)c1ccc(N)cc1Oc1ccc(F)cc1Br. The summed E-state index contributed by atoms with van der Waals surface area (Å²) >= 11 is 3.17. The third-order valence-corrected chi connectivity index (χ3v) is 3.00. The maximum atomic E-state index is 13.0. The number of nitrogens with two attached hydrogens (primary N) is 2. The number of hydrogen-bond donors (Lipinski definition) is 2. The van der Waals surface area contributed by atoms with Gasteiger partial charge in [-0.05, 0) is 46.3 Å². The van der Waals surface area contributed by atoms with Crippen LogP contribution in [0.3, 0.4) is 0 Å². The van der Waals surface area contributed by atoms with Gasteiger partial charge in [0.2, 0.25) is 0 Å². The first kappa shape index (κ1) is 13.4. The van der Waals surface area contributed by atoms with Crippen LogP contribution in [0.5, 0.6) is 11.5 Å². The van der Waals surface area contributed by atoms with E-state index in [1.54, 1.807) is 6.07 Å². The number of hydrogen-bond acceptors (Lipinski definition) is 3. The molecule has 0 radical (unpaired) electrons. The van der Waals surface area contributed by atoms with Crippen LogP contribution in [-0.4, -0.2) is 5.91 Å². The van der Waals surface area contributed by atoms with Gasteiger partial charge in [-0.3, -0.25) is 4.79 Å². The van der Waals surface area contributed by atoms with Gasteiger partial charge in [0.05, 0.1) is 10.0 Å². The van der Waals surface area contributed by atoms with Crippen molar-refractivity contribution in [1.82, 2.24) is 0 Å². The predicted octanol–water partition coefficient (Wildman–Crippen LogP) is 3.06. The Morgan fingerprint density at radius 2 is 1.89 bits per heavy atom. The molecule has 0 heterocycles. The minimum Gasteiger partial charge on any atom is -0.455 e. The van der Waals surface area contributed by atoms with E-state index >= 15 is 0 Å². The smallest absolute Gasteiger partial charge is 0.252 e. The standard InChI is InChI=1S/C13H10BrFN2O2/c14-10-5-7(15)1-4-11(10)19-12-6-8(16)2-3-9(12)13(17)18/h1-6H,16H2,(H2,17,18). The van der Waals surface area contributed by atoms with Gasteiger partial charge in [-0.25, -0.2) is 4.39 Å². The van der Waals surface area contributed by atoms with Crippen LogP contribution in [-0.2, 0) is 0 Å². The first-order valence-electron chi connectivity index (χ1n) is 5.29. The Kier molecular flexibility index (Phi) is 3.71. The van der Waals surface area contributed by atoms with E-state index in [-0.39, 0.29) is 11.3 Å². The second kappa shape index (κ2) is 5.27. The molecule has 0 aromatic heterocycles. The Hall–Kier alpha value is -2.08. The molecule has 1 amide bonds. The van der Waals surface area contributed by atoms with E-state index in [4.69, 9.17) is 16.2 Å². The van der Waals surface area contributed by atoms with Crippen molar-refractivity contribution in [3.63, 3.8) is 0 Å². The summed E-state index contributed by atoms with van der Waals surface area (Å²) in [5.41, 5.74) is 11.5. The minimum absolute atomic E-state index is 0.199. The summed E-state index contributed by atoms with van der Waals surface area (Å²) in [5, 5.41) is 0. The summed E-state index contributed by atoms with van der Waals surface area (Å²) in [7, 11) is 0. The maximum Gasteiger partial charge on any atom is 0.252 e. The fourth-order valence-electron chi connectivity index (χ4n) is 1.50. The molecule has 2 aromatic carbocycles. The molecule has 0 aliphatic carbocycles. The molecule has 0 aliphatic rings. The van der Waals surface area contributed by atoms with Crippen molar-refractivity contribution in [1.29, 1.82) is 0 Å². The van der Waals surface area contributed by atoms with E-state index in [0.717, 1.165) is 0 Å². The van der Waals surface area contributed by atoms with Crippen molar-refractivity contribution in [3.05, 3.63) is 52.3 Å². The van der Waals surface area contributed by atoms with Crippen molar-refractivity contribution in [2.24, 2.45) is 5.73 Å². The molecular weight excluding hydrogens is 315 g/mol. The average Bonchev–Trinajstić information content (AvgIpc) is 2.32. The third kappa shape index (κ3) is 3.03. The lowest BCUT2D eigenvalue weighted by Gasteiger charge is -2.11. The molecule has 0 saturated heterocycles. The van der Waals surface area contributed by atoms with Crippen LogP contribution >= 0.6 is 15.9 Å². The Morgan fingerprint density at radius 3 is 2.53 bits per heavy atom. The molecule has 2 rings (SSSR count). The number of primary amides is 1. The van der Waals surface area contributed by atoms with Crippen LogP contribution in [0.15, 0.2) is 40.9 Å². The summed E-state index contributed by atoms with van der Waals surface area (Å²) in [6.45, 7) is 0. The molecule has 2 aromatic rings. The number of rotatable bonds is 3. The quantitative estimate of drug-likeness (QED) is 0.851. The number of anilines is 1. The maximum absolute atomic E-state index is 13.0. The third-order valence-electron chi connectivity index (χ3n) is 2.38. The average molecular weight is 325 g/mol. The van der Waals surface area contributed by atoms with E-state index in [1.165, 1.54) is 30.3 Å². The van der Waals surface area contributed by atoms with Crippen LogP contribution in [0.1, 0.15) is 10.4 Å². The molecule has 0 saturated carbocycles. The summed E-state index contributed by atoms with van der Waals surface area (Å²) in [4.78, 5) is 11.3. The van der Waals surface area contributed by atoms with Crippen molar-refractivity contribution in [3.8, 4) is 11.5 Å². The molecule has 0 aliphatic heterocycles. The molecule has 0 fully saturated rings. The molecule has 6 heteroatoms. The Morgan fingerprint density at radius 1 is 1.16 bits per heavy atom. The molecule has 0 unspecified atom stereocenters. The van der Waals surface area contributed by atoms with Gasteiger partial charge in [0, 0.05) is 11.8 Å². The zero-order valence-corrected chi connectivity index (χ0v) is 11.3. The normalized spacial score (nSPS) is 10.2. The van der Waals surface area contributed by atoms with Crippen molar-refractivity contribution in [2.45, 2.75) is 0 Å². The lowest BCUT2D eigenvalue weighted by atomic mass is 10.1. The van der Waals surface area contributed by atoms with E-state index in [9.17, 15) is 9.18 Å². The first-order valence-corrected chi connectivity index (χ1v) is 6.09. The Balaban J connectivity index is 2.42. The zero-order chi connectivity index (χ0) is 14.0. The van der Waals surface area contributed by atoms with Crippen LogP contribution < -0.4 is 16.2 Å². The second-order valence-electron chi connectivity index (χ2n) is 3.80. The van der Waals surface area contributed by atoms with Gasteiger partial charge in [-0.15, -0.1) is 0 Å².